The van der Waals surface area contributed by atoms with Crippen LogP contribution in [0.15, 0.2) is 52.4 Å². The summed E-state index contributed by atoms with van der Waals surface area (Å²) in [5.41, 5.74) is 0.889. The zero-order chi connectivity index (χ0) is 11.7. The van der Waals surface area contributed by atoms with Gasteiger partial charge in [0.15, 0.2) is 5.76 Å². The largest absolute Gasteiger partial charge is 0.435 e. The third-order valence-corrected chi connectivity index (χ3v) is 3.46. The van der Waals surface area contributed by atoms with E-state index in [9.17, 15) is 0 Å². The van der Waals surface area contributed by atoms with Crippen LogP contribution in [0.5, 0.6) is 0 Å². The Kier molecular flexibility index (Phi) is 2.71. The summed E-state index contributed by atoms with van der Waals surface area (Å²) in [6.07, 6.45) is 1.74. The lowest BCUT2D eigenvalue weighted by Gasteiger charge is -1.95. The number of thiophene rings is 1. The van der Waals surface area contributed by atoms with Gasteiger partial charge in [-0.15, -0.1) is 11.3 Å². The lowest BCUT2D eigenvalue weighted by Crippen LogP contribution is -1.75. The highest BCUT2D eigenvalue weighted by atomic mass is 35.5. The van der Waals surface area contributed by atoms with Gasteiger partial charge in [-0.25, -0.2) is 4.98 Å². The highest BCUT2D eigenvalue weighted by molar-refractivity contribution is 7.13. The molecule has 0 spiro atoms. The fraction of sp³-hybridized carbons (Fsp3) is 0. The van der Waals surface area contributed by atoms with Crippen LogP contribution >= 0.6 is 22.9 Å². The van der Waals surface area contributed by atoms with E-state index in [1.54, 1.807) is 17.5 Å². The Morgan fingerprint density at radius 1 is 1.18 bits per heavy atom. The molecule has 0 radical (unpaired) electrons. The average molecular weight is 262 g/mol. The standard InChI is InChI=1S/C13H8ClNOS/c14-10-4-1-3-9(7-10)13-15-8-11(16-13)12-5-2-6-17-12/h1-8H. The molecule has 0 aliphatic rings. The quantitative estimate of drug-likeness (QED) is 0.667. The van der Waals surface area contributed by atoms with Crippen LogP contribution in [-0.2, 0) is 0 Å². The monoisotopic (exact) mass is 261 g/mol. The molecule has 3 rings (SSSR count). The second kappa shape index (κ2) is 4.35. The van der Waals surface area contributed by atoms with Gasteiger partial charge in [0.2, 0.25) is 5.89 Å². The number of halogens is 1. The van der Waals surface area contributed by atoms with Gasteiger partial charge in [0.05, 0.1) is 11.1 Å². The molecule has 0 fully saturated rings. The van der Waals surface area contributed by atoms with Crippen molar-refractivity contribution in [1.29, 1.82) is 0 Å². The molecule has 2 heterocycles. The van der Waals surface area contributed by atoms with Crippen molar-refractivity contribution < 1.29 is 4.42 Å². The second-order valence-corrected chi connectivity index (χ2v) is 4.90. The molecule has 0 saturated carbocycles. The fourth-order valence-corrected chi connectivity index (χ4v) is 2.42. The van der Waals surface area contributed by atoms with Gasteiger partial charge in [-0.05, 0) is 29.6 Å². The van der Waals surface area contributed by atoms with E-state index in [-0.39, 0.29) is 0 Å². The van der Waals surface area contributed by atoms with E-state index in [1.807, 2.05) is 41.8 Å². The van der Waals surface area contributed by atoms with E-state index in [0.717, 1.165) is 16.2 Å². The second-order valence-electron chi connectivity index (χ2n) is 3.52. The Balaban J connectivity index is 2.01. The zero-order valence-corrected chi connectivity index (χ0v) is 10.3. The molecule has 17 heavy (non-hydrogen) atoms. The van der Waals surface area contributed by atoms with Crippen molar-refractivity contribution in [1.82, 2.24) is 4.98 Å². The zero-order valence-electron chi connectivity index (χ0n) is 8.76. The first-order valence-electron chi connectivity index (χ1n) is 5.08. The molecule has 2 nitrogen and oxygen atoms in total. The molecule has 0 aliphatic carbocycles. The number of hydrogen-bond donors (Lipinski definition) is 0. The summed E-state index contributed by atoms with van der Waals surface area (Å²) in [4.78, 5) is 5.34. The highest BCUT2D eigenvalue weighted by Gasteiger charge is 2.09. The molecule has 0 saturated heterocycles. The highest BCUT2D eigenvalue weighted by Crippen LogP contribution is 2.29. The molecular weight excluding hydrogens is 254 g/mol. The summed E-state index contributed by atoms with van der Waals surface area (Å²) >= 11 is 7.56. The van der Waals surface area contributed by atoms with Crippen molar-refractivity contribution >= 4 is 22.9 Å². The van der Waals surface area contributed by atoms with Gasteiger partial charge in [0.1, 0.15) is 0 Å². The molecule has 0 bridgehead atoms. The van der Waals surface area contributed by atoms with Crippen molar-refractivity contribution in [2.24, 2.45) is 0 Å². The Morgan fingerprint density at radius 2 is 2.12 bits per heavy atom. The van der Waals surface area contributed by atoms with Crippen LogP contribution in [0.25, 0.3) is 22.1 Å². The van der Waals surface area contributed by atoms with Crippen molar-refractivity contribution in [3.63, 3.8) is 0 Å². The van der Waals surface area contributed by atoms with Gasteiger partial charge in [-0.1, -0.05) is 23.7 Å². The van der Waals surface area contributed by atoms with Crippen LogP contribution in [0.2, 0.25) is 5.02 Å². The maximum Gasteiger partial charge on any atom is 0.226 e. The summed E-state index contributed by atoms with van der Waals surface area (Å²) in [5, 5.41) is 2.69. The van der Waals surface area contributed by atoms with Crippen LogP contribution in [0.3, 0.4) is 0 Å². The van der Waals surface area contributed by atoms with Gasteiger partial charge in [-0.2, -0.15) is 0 Å². The van der Waals surface area contributed by atoms with Crippen LogP contribution in [0.1, 0.15) is 0 Å². The third kappa shape index (κ3) is 2.12. The average Bonchev–Trinajstić information content (AvgIpc) is 3.00. The Bertz CT molecular complexity index is 630. The summed E-state index contributed by atoms with van der Waals surface area (Å²) in [7, 11) is 0. The lowest BCUT2D eigenvalue weighted by atomic mass is 10.2. The molecule has 0 unspecified atom stereocenters. The van der Waals surface area contributed by atoms with E-state index in [4.69, 9.17) is 16.0 Å². The van der Waals surface area contributed by atoms with E-state index in [0.29, 0.717) is 10.9 Å². The summed E-state index contributed by atoms with van der Waals surface area (Å²) in [5.74, 6) is 1.38. The number of oxazole rings is 1. The Hall–Kier alpha value is -1.58. The minimum Gasteiger partial charge on any atom is -0.435 e. The van der Waals surface area contributed by atoms with E-state index >= 15 is 0 Å². The van der Waals surface area contributed by atoms with Gasteiger partial charge in [0.25, 0.3) is 0 Å². The molecule has 2 aromatic heterocycles. The van der Waals surface area contributed by atoms with Crippen molar-refractivity contribution in [2.75, 3.05) is 0 Å². The predicted octanol–water partition coefficient (Wildman–Crippen LogP) is 4.72. The minimum atomic E-state index is 0.593. The topological polar surface area (TPSA) is 26.0 Å². The maximum absolute atomic E-state index is 5.93. The number of aromatic nitrogens is 1. The van der Waals surface area contributed by atoms with Crippen LogP contribution in [-0.4, -0.2) is 4.98 Å². The van der Waals surface area contributed by atoms with Crippen LogP contribution in [0.4, 0.5) is 0 Å². The first kappa shape index (κ1) is 10.6. The summed E-state index contributed by atoms with van der Waals surface area (Å²) < 4.78 is 5.71. The first-order valence-corrected chi connectivity index (χ1v) is 6.34. The maximum atomic E-state index is 5.93. The lowest BCUT2D eigenvalue weighted by molar-refractivity contribution is 0.590. The van der Waals surface area contributed by atoms with Crippen LogP contribution in [0, 0.1) is 0 Å². The summed E-state index contributed by atoms with van der Waals surface area (Å²) in [6.45, 7) is 0. The Labute approximate surface area is 108 Å². The molecule has 3 aromatic rings. The fourth-order valence-electron chi connectivity index (χ4n) is 1.56. The number of nitrogens with zero attached hydrogens (tertiary/aromatic N) is 1. The number of rotatable bonds is 2. The minimum absolute atomic E-state index is 0.593. The molecule has 0 aliphatic heterocycles. The Morgan fingerprint density at radius 3 is 2.88 bits per heavy atom. The number of hydrogen-bond acceptors (Lipinski definition) is 3. The molecule has 0 amide bonds. The molecule has 1 aromatic carbocycles. The van der Waals surface area contributed by atoms with E-state index < -0.39 is 0 Å². The van der Waals surface area contributed by atoms with Gasteiger partial charge in [0, 0.05) is 10.6 Å². The summed E-state index contributed by atoms with van der Waals surface area (Å²) in [6, 6.07) is 11.5. The predicted molar refractivity (Wildman–Crippen MR) is 70.3 cm³/mol. The van der Waals surface area contributed by atoms with E-state index in [2.05, 4.69) is 4.98 Å². The van der Waals surface area contributed by atoms with Crippen molar-refractivity contribution in [2.45, 2.75) is 0 Å². The van der Waals surface area contributed by atoms with Crippen LogP contribution < -0.4 is 0 Å². The smallest absolute Gasteiger partial charge is 0.226 e. The van der Waals surface area contributed by atoms with Gasteiger partial charge in [-0.3, -0.25) is 0 Å². The number of benzene rings is 1. The van der Waals surface area contributed by atoms with Gasteiger partial charge < -0.3 is 4.42 Å². The normalized spacial score (nSPS) is 10.6. The van der Waals surface area contributed by atoms with Crippen molar-refractivity contribution in [3.05, 3.63) is 53.0 Å². The molecule has 4 heteroatoms. The molecule has 0 atom stereocenters. The van der Waals surface area contributed by atoms with E-state index in [1.165, 1.54) is 0 Å². The molecular formula is C13H8ClNOS. The first-order chi connectivity index (χ1) is 8.33. The SMILES string of the molecule is Clc1cccc(-c2ncc(-c3cccs3)o2)c1. The van der Waals surface area contributed by atoms with Gasteiger partial charge >= 0.3 is 0 Å². The molecule has 0 N–H and O–H groups in total. The molecule has 84 valence electrons. The third-order valence-electron chi connectivity index (χ3n) is 2.34. The van der Waals surface area contributed by atoms with Crippen molar-refractivity contribution in [3.8, 4) is 22.1 Å².